The molecule has 1 aromatic carbocycles. The number of thiazole rings is 1. The van der Waals surface area contributed by atoms with Crippen LogP contribution in [0.4, 0.5) is 0 Å². The number of rotatable bonds is 6. The van der Waals surface area contributed by atoms with E-state index >= 15 is 0 Å². The third-order valence-electron chi connectivity index (χ3n) is 3.45. The molecule has 6 nitrogen and oxygen atoms in total. The molecule has 0 fully saturated rings. The van der Waals surface area contributed by atoms with E-state index in [0.717, 1.165) is 16.3 Å². The molecule has 0 spiro atoms. The lowest BCUT2D eigenvalue weighted by molar-refractivity contribution is -0.124. The van der Waals surface area contributed by atoms with Crippen LogP contribution in [0.3, 0.4) is 0 Å². The molecule has 0 aliphatic rings. The molecular weight excluding hydrogens is 362 g/mol. The zero-order valence-corrected chi connectivity index (χ0v) is 17.4. The molecule has 27 heavy (non-hydrogen) atoms. The Hall–Kier alpha value is -2.41. The van der Waals surface area contributed by atoms with Crippen molar-refractivity contribution in [2.24, 2.45) is 0 Å². The predicted molar refractivity (Wildman–Crippen MR) is 108 cm³/mol. The third kappa shape index (κ3) is 6.36. The number of nitrogens with one attached hydrogen (secondary N) is 2. The summed E-state index contributed by atoms with van der Waals surface area (Å²) in [7, 11) is 0. The van der Waals surface area contributed by atoms with Gasteiger partial charge in [-0.1, -0.05) is 0 Å². The highest BCUT2D eigenvalue weighted by Gasteiger charge is 2.22. The number of hydrogen-bond acceptors (Lipinski definition) is 5. The van der Waals surface area contributed by atoms with E-state index in [0.29, 0.717) is 5.69 Å². The van der Waals surface area contributed by atoms with E-state index in [4.69, 9.17) is 4.74 Å². The van der Waals surface area contributed by atoms with Crippen LogP contribution in [0.5, 0.6) is 5.75 Å². The van der Waals surface area contributed by atoms with Crippen molar-refractivity contribution in [3.05, 3.63) is 35.3 Å². The SMILES string of the molecule is CC(C)Oc1ccc(-c2nc(C(=O)NC(C)C(=O)NC(C)(C)C)cs2)cc1. The van der Waals surface area contributed by atoms with Gasteiger partial charge in [-0.25, -0.2) is 4.98 Å². The molecule has 146 valence electrons. The molecule has 0 aliphatic heterocycles. The maximum atomic E-state index is 12.4. The average molecular weight is 390 g/mol. The minimum absolute atomic E-state index is 0.114. The average Bonchev–Trinajstić information content (AvgIpc) is 3.03. The minimum atomic E-state index is -0.644. The highest BCUT2D eigenvalue weighted by molar-refractivity contribution is 7.13. The standard InChI is InChI=1S/C20H27N3O3S/c1-12(2)26-15-9-7-14(8-10-15)19-22-16(11-27-19)18(25)21-13(3)17(24)23-20(4,5)6/h7-13H,1-6H3,(H,21,25)(H,23,24). The summed E-state index contributed by atoms with van der Waals surface area (Å²) in [5.74, 6) is 0.197. The summed E-state index contributed by atoms with van der Waals surface area (Å²) in [5.41, 5.74) is 0.858. The van der Waals surface area contributed by atoms with Crippen LogP contribution in [0, 0.1) is 0 Å². The van der Waals surface area contributed by atoms with Crippen LogP contribution in [0.2, 0.25) is 0 Å². The number of nitrogens with zero attached hydrogens (tertiary/aromatic N) is 1. The first-order valence-electron chi connectivity index (χ1n) is 8.90. The smallest absolute Gasteiger partial charge is 0.271 e. The number of aromatic nitrogens is 1. The van der Waals surface area contributed by atoms with E-state index in [1.165, 1.54) is 11.3 Å². The molecule has 0 saturated carbocycles. The van der Waals surface area contributed by atoms with Gasteiger partial charge < -0.3 is 15.4 Å². The number of amides is 2. The predicted octanol–water partition coefficient (Wildman–Crippen LogP) is 3.63. The van der Waals surface area contributed by atoms with Crippen LogP contribution in [0.25, 0.3) is 10.6 Å². The van der Waals surface area contributed by atoms with Gasteiger partial charge in [0.2, 0.25) is 5.91 Å². The van der Waals surface area contributed by atoms with E-state index < -0.39 is 6.04 Å². The second-order valence-corrected chi connectivity index (χ2v) is 8.52. The second kappa shape index (κ2) is 8.52. The van der Waals surface area contributed by atoms with Gasteiger partial charge in [-0.2, -0.15) is 0 Å². The molecule has 7 heteroatoms. The van der Waals surface area contributed by atoms with E-state index in [9.17, 15) is 9.59 Å². The highest BCUT2D eigenvalue weighted by atomic mass is 32.1. The fourth-order valence-electron chi connectivity index (χ4n) is 2.27. The summed E-state index contributed by atoms with van der Waals surface area (Å²) in [4.78, 5) is 28.9. The van der Waals surface area contributed by atoms with E-state index in [-0.39, 0.29) is 23.5 Å². The summed E-state index contributed by atoms with van der Waals surface area (Å²) in [6.07, 6.45) is 0.114. The summed E-state index contributed by atoms with van der Waals surface area (Å²) in [5, 5.41) is 7.96. The van der Waals surface area contributed by atoms with Crippen molar-refractivity contribution in [2.45, 2.75) is 59.2 Å². The lowest BCUT2D eigenvalue weighted by Gasteiger charge is -2.23. The van der Waals surface area contributed by atoms with Crippen molar-refractivity contribution in [1.82, 2.24) is 15.6 Å². The van der Waals surface area contributed by atoms with Crippen LogP contribution in [0.1, 0.15) is 52.0 Å². The van der Waals surface area contributed by atoms with E-state index in [2.05, 4.69) is 15.6 Å². The summed E-state index contributed by atoms with van der Waals surface area (Å²) >= 11 is 1.38. The van der Waals surface area contributed by atoms with Gasteiger partial charge in [0.25, 0.3) is 5.91 Å². The van der Waals surface area contributed by atoms with E-state index in [1.807, 2.05) is 58.9 Å². The third-order valence-corrected chi connectivity index (χ3v) is 4.34. The molecule has 2 rings (SSSR count). The molecule has 2 amide bonds. The zero-order valence-electron chi connectivity index (χ0n) is 16.6. The number of carbonyl (C=O) groups excluding carboxylic acids is 2. The number of ether oxygens (including phenoxy) is 1. The lowest BCUT2D eigenvalue weighted by Crippen LogP contribution is -2.50. The zero-order chi connectivity index (χ0) is 20.2. The van der Waals surface area contributed by atoms with Crippen molar-refractivity contribution in [1.29, 1.82) is 0 Å². The van der Waals surface area contributed by atoms with Gasteiger partial charge in [0.1, 0.15) is 22.5 Å². The normalized spacial score (nSPS) is 12.6. The Morgan fingerprint density at radius 2 is 1.74 bits per heavy atom. The molecule has 2 N–H and O–H groups in total. The van der Waals surface area contributed by atoms with Gasteiger partial charge >= 0.3 is 0 Å². The second-order valence-electron chi connectivity index (χ2n) is 7.66. The first-order valence-corrected chi connectivity index (χ1v) is 9.78. The maximum Gasteiger partial charge on any atom is 0.271 e. The van der Waals surface area contributed by atoms with Crippen LogP contribution in [-0.4, -0.2) is 34.5 Å². The van der Waals surface area contributed by atoms with Gasteiger partial charge in [-0.05, 0) is 65.8 Å². The van der Waals surface area contributed by atoms with Crippen LogP contribution >= 0.6 is 11.3 Å². The van der Waals surface area contributed by atoms with Crippen molar-refractivity contribution >= 4 is 23.2 Å². The molecule has 2 aromatic rings. The molecule has 1 aromatic heterocycles. The Kier molecular flexibility index (Phi) is 6.59. The number of benzene rings is 1. The maximum absolute atomic E-state index is 12.4. The van der Waals surface area contributed by atoms with Crippen LogP contribution in [-0.2, 0) is 4.79 Å². The largest absolute Gasteiger partial charge is 0.491 e. The number of hydrogen-bond donors (Lipinski definition) is 2. The van der Waals surface area contributed by atoms with Crippen LogP contribution < -0.4 is 15.4 Å². The van der Waals surface area contributed by atoms with Crippen molar-refractivity contribution in [3.8, 4) is 16.3 Å². The Morgan fingerprint density at radius 3 is 2.30 bits per heavy atom. The Balaban J connectivity index is 2.02. The molecule has 1 heterocycles. The van der Waals surface area contributed by atoms with E-state index in [1.54, 1.807) is 12.3 Å². The topological polar surface area (TPSA) is 80.3 Å². The first-order chi connectivity index (χ1) is 12.5. The molecule has 0 bridgehead atoms. The molecule has 1 unspecified atom stereocenters. The monoisotopic (exact) mass is 389 g/mol. The Morgan fingerprint density at radius 1 is 1.11 bits per heavy atom. The highest BCUT2D eigenvalue weighted by Crippen LogP contribution is 2.26. The molecule has 0 radical (unpaired) electrons. The van der Waals surface area contributed by atoms with Crippen molar-refractivity contribution < 1.29 is 14.3 Å². The fourth-order valence-corrected chi connectivity index (χ4v) is 3.08. The number of carbonyl (C=O) groups is 2. The van der Waals surface area contributed by atoms with Crippen molar-refractivity contribution in [2.75, 3.05) is 0 Å². The minimum Gasteiger partial charge on any atom is -0.491 e. The summed E-state index contributed by atoms with van der Waals surface area (Å²) in [6.45, 7) is 11.3. The summed E-state index contributed by atoms with van der Waals surface area (Å²) in [6, 6.07) is 6.95. The summed E-state index contributed by atoms with van der Waals surface area (Å²) < 4.78 is 5.63. The lowest BCUT2D eigenvalue weighted by atomic mass is 10.1. The molecule has 0 saturated heterocycles. The van der Waals surface area contributed by atoms with Gasteiger partial charge in [0.15, 0.2) is 0 Å². The van der Waals surface area contributed by atoms with Gasteiger partial charge in [0.05, 0.1) is 6.10 Å². The fraction of sp³-hybridized carbons (Fsp3) is 0.450. The Labute approximate surface area is 164 Å². The van der Waals surface area contributed by atoms with Gasteiger partial charge in [-0.15, -0.1) is 11.3 Å². The molecule has 1 atom stereocenters. The Bertz CT molecular complexity index is 792. The van der Waals surface area contributed by atoms with Crippen LogP contribution in [0.15, 0.2) is 29.6 Å². The first kappa shape index (κ1) is 20.9. The quantitative estimate of drug-likeness (QED) is 0.791. The van der Waals surface area contributed by atoms with Crippen molar-refractivity contribution in [3.63, 3.8) is 0 Å². The van der Waals surface area contributed by atoms with Gasteiger partial charge in [0, 0.05) is 16.5 Å². The molecule has 0 aliphatic carbocycles. The van der Waals surface area contributed by atoms with Gasteiger partial charge in [-0.3, -0.25) is 9.59 Å². The molecular formula is C20H27N3O3S.